The molecule has 2 N–H and O–H groups in total. The van der Waals surface area contributed by atoms with Crippen LogP contribution in [0.1, 0.15) is 18.4 Å². The first kappa shape index (κ1) is 9.25. The minimum absolute atomic E-state index is 0.0199. The van der Waals surface area contributed by atoms with Gasteiger partial charge in [-0.3, -0.25) is 0 Å². The second-order valence-corrected chi connectivity index (χ2v) is 4.77. The molecular weight excluding hydrogens is 210 g/mol. The van der Waals surface area contributed by atoms with Gasteiger partial charge in [0, 0.05) is 27.5 Å². The van der Waals surface area contributed by atoms with Gasteiger partial charge < -0.3 is 10.1 Å². The van der Waals surface area contributed by atoms with Crippen molar-refractivity contribution in [2.45, 2.75) is 18.3 Å². The summed E-state index contributed by atoms with van der Waals surface area (Å²) in [4.78, 5) is 3.21. The Kier molecular flexibility index (Phi) is 1.85. The van der Waals surface area contributed by atoms with Gasteiger partial charge >= 0.3 is 0 Å². The Labute approximate surface area is 92.9 Å². The monoisotopic (exact) mass is 221 g/mol. The molecule has 2 nitrogen and oxygen atoms in total. The summed E-state index contributed by atoms with van der Waals surface area (Å²) in [7, 11) is 0. The van der Waals surface area contributed by atoms with Crippen molar-refractivity contribution in [3.63, 3.8) is 0 Å². The van der Waals surface area contributed by atoms with E-state index in [-0.39, 0.29) is 12.0 Å². The molecule has 1 aromatic heterocycles. The molecule has 2 aromatic rings. The van der Waals surface area contributed by atoms with Crippen molar-refractivity contribution in [3.8, 4) is 0 Å². The van der Waals surface area contributed by atoms with Crippen LogP contribution in [-0.2, 0) is 5.41 Å². The van der Waals surface area contributed by atoms with Gasteiger partial charge in [0.25, 0.3) is 0 Å². The summed E-state index contributed by atoms with van der Waals surface area (Å²) >= 11 is 5.92. The molecule has 0 aliphatic heterocycles. The van der Waals surface area contributed by atoms with E-state index in [0.29, 0.717) is 0 Å². The summed E-state index contributed by atoms with van der Waals surface area (Å²) in [6.07, 6.45) is 4.17. The molecule has 0 unspecified atom stereocenters. The van der Waals surface area contributed by atoms with Gasteiger partial charge in [-0.05, 0) is 30.5 Å². The van der Waals surface area contributed by atoms with E-state index < -0.39 is 0 Å². The molecule has 0 spiro atoms. The first-order valence-electron chi connectivity index (χ1n) is 5.13. The summed E-state index contributed by atoms with van der Waals surface area (Å²) < 4.78 is 0. The number of hydrogen-bond acceptors (Lipinski definition) is 1. The molecule has 78 valence electrons. The fourth-order valence-corrected chi connectivity index (χ4v) is 2.37. The Morgan fingerprint density at radius 2 is 2.20 bits per heavy atom. The first-order chi connectivity index (χ1) is 7.25. The molecule has 3 rings (SSSR count). The highest BCUT2D eigenvalue weighted by Crippen LogP contribution is 2.50. The fraction of sp³-hybridized carbons (Fsp3) is 0.333. The highest BCUT2D eigenvalue weighted by Gasteiger charge is 2.45. The van der Waals surface area contributed by atoms with E-state index in [1.165, 1.54) is 10.9 Å². The number of H-pyrrole nitrogens is 1. The Morgan fingerprint density at radius 3 is 2.87 bits per heavy atom. The lowest BCUT2D eigenvalue weighted by Crippen LogP contribution is -2.10. The molecule has 0 saturated heterocycles. The number of nitrogens with one attached hydrogen (secondary N) is 1. The summed E-state index contributed by atoms with van der Waals surface area (Å²) in [5.41, 5.74) is 2.31. The van der Waals surface area contributed by atoms with Gasteiger partial charge in [0.05, 0.1) is 6.61 Å². The topological polar surface area (TPSA) is 36.0 Å². The number of rotatable bonds is 2. The molecule has 0 radical (unpaired) electrons. The first-order valence-corrected chi connectivity index (χ1v) is 5.51. The number of aliphatic hydroxyl groups is 1. The molecule has 1 fully saturated rings. The lowest BCUT2D eigenvalue weighted by atomic mass is 9.97. The van der Waals surface area contributed by atoms with Crippen LogP contribution in [0.4, 0.5) is 0 Å². The minimum Gasteiger partial charge on any atom is -0.395 e. The quantitative estimate of drug-likeness (QED) is 0.804. The Balaban J connectivity index is 2.21. The van der Waals surface area contributed by atoms with Crippen LogP contribution in [0.2, 0.25) is 5.02 Å². The highest BCUT2D eigenvalue weighted by molar-refractivity contribution is 6.31. The maximum absolute atomic E-state index is 9.40. The third kappa shape index (κ3) is 1.29. The Hall–Kier alpha value is -0.990. The fourth-order valence-electron chi connectivity index (χ4n) is 2.20. The number of halogens is 1. The van der Waals surface area contributed by atoms with Gasteiger partial charge in [0.15, 0.2) is 0 Å². The number of fused-ring (bicyclic) bond motifs is 1. The van der Waals surface area contributed by atoms with Crippen molar-refractivity contribution in [1.82, 2.24) is 4.98 Å². The third-order valence-electron chi connectivity index (χ3n) is 3.37. The van der Waals surface area contributed by atoms with Crippen molar-refractivity contribution < 1.29 is 5.11 Å². The lowest BCUT2D eigenvalue weighted by molar-refractivity contribution is 0.256. The van der Waals surface area contributed by atoms with Gasteiger partial charge in [0.2, 0.25) is 0 Å². The number of benzene rings is 1. The van der Waals surface area contributed by atoms with E-state index in [9.17, 15) is 5.11 Å². The molecule has 3 heteroatoms. The second kappa shape index (κ2) is 3.00. The maximum Gasteiger partial charge on any atom is 0.0528 e. The molecule has 0 bridgehead atoms. The van der Waals surface area contributed by atoms with Crippen molar-refractivity contribution in [2.75, 3.05) is 6.61 Å². The maximum atomic E-state index is 9.40. The van der Waals surface area contributed by atoms with Crippen molar-refractivity contribution in [1.29, 1.82) is 0 Å². The standard InChI is InChI=1S/C12H12ClNO/c13-8-1-2-9-10(6-14-11(9)5-8)12(7-15)3-4-12/h1-2,5-6,14-15H,3-4,7H2. The minimum atomic E-state index is 0.0199. The number of aromatic nitrogens is 1. The van der Waals surface area contributed by atoms with Crippen LogP contribution in [0.15, 0.2) is 24.4 Å². The van der Waals surface area contributed by atoms with Crippen LogP contribution < -0.4 is 0 Å². The smallest absolute Gasteiger partial charge is 0.0528 e. The molecule has 1 saturated carbocycles. The zero-order valence-electron chi connectivity index (χ0n) is 8.26. The predicted molar refractivity (Wildman–Crippen MR) is 61.3 cm³/mol. The van der Waals surface area contributed by atoms with Crippen LogP contribution >= 0.6 is 11.6 Å². The highest BCUT2D eigenvalue weighted by atomic mass is 35.5. The molecule has 1 aromatic carbocycles. The van der Waals surface area contributed by atoms with Gasteiger partial charge in [-0.2, -0.15) is 0 Å². The van der Waals surface area contributed by atoms with Crippen molar-refractivity contribution in [3.05, 3.63) is 35.0 Å². The summed E-state index contributed by atoms with van der Waals surface area (Å²) in [6, 6.07) is 5.85. The van der Waals surface area contributed by atoms with E-state index in [0.717, 1.165) is 23.4 Å². The second-order valence-electron chi connectivity index (χ2n) is 4.33. The van der Waals surface area contributed by atoms with Crippen molar-refractivity contribution in [2.24, 2.45) is 0 Å². The number of aromatic amines is 1. The molecule has 1 aliphatic carbocycles. The van der Waals surface area contributed by atoms with E-state index in [1.54, 1.807) is 0 Å². The van der Waals surface area contributed by atoms with E-state index in [1.807, 2.05) is 24.4 Å². The Bertz CT molecular complexity index is 513. The molecule has 1 aliphatic rings. The van der Waals surface area contributed by atoms with Gasteiger partial charge in [-0.15, -0.1) is 0 Å². The van der Waals surface area contributed by atoms with E-state index >= 15 is 0 Å². The zero-order chi connectivity index (χ0) is 10.5. The van der Waals surface area contributed by atoms with Gasteiger partial charge in [0.1, 0.15) is 0 Å². The number of aliphatic hydroxyl groups excluding tert-OH is 1. The summed E-state index contributed by atoms with van der Waals surface area (Å²) in [5.74, 6) is 0. The molecule has 0 atom stereocenters. The average Bonchev–Trinajstić information content (AvgIpc) is 2.93. The van der Waals surface area contributed by atoms with Crippen LogP contribution in [0, 0.1) is 0 Å². The van der Waals surface area contributed by atoms with Gasteiger partial charge in [-0.25, -0.2) is 0 Å². The summed E-state index contributed by atoms with van der Waals surface area (Å²) in [6.45, 7) is 0.239. The average molecular weight is 222 g/mol. The predicted octanol–water partition coefficient (Wildman–Crippen LogP) is 2.85. The van der Waals surface area contributed by atoms with Crippen LogP contribution in [0.25, 0.3) is 10.9 Å². The molecule has 1 heterocycles. The molecule has 15 heavy (non-hydrogen) atoms. The van der Waals surface area contributed by atoms with Crippen LogP contribution in [0.5, 0.6) is 0 Å². The third-order valence-corrected chi connectivity index (χ3v) is 3.61. The zero-order valence-corrected chi connectivity index (χ0v) is 9.01. The van der Waals surface area contributed by atoms with E-state index in [2.05, 4.69) is 4.98 Å². The lowest BCUT2D eigenvalue weighted by Gasteiger charge is -2.09. The largest absolute Gasteiger partial charge is 0.395 e. The molecular formula is C12H12ClNO. The number of hydrogen-bond donors (Lipinski definition) is 2. The van der Waals surface area contributed by atoms with Gasteiger partial charge in [-0.1, -0.05) is 17.7 Å². The summed E-state index contributed by atoms with van der Waals surface area (Å²) in [5, 5.41) is 11.3. The molecule has 0 amide bonds. The Morgan fingerprint density at radius 1 is 1.40 bits per heavy atom. The normalized spacial score (nSPS) is 18.3. The van der Waals surface area contributed by atoms with Crippen LogP contribution in [-0.4, -0.2) is 16.7 Å². The SMILES string of the molecule is OCC1(c2c[nH]c3cc(Cl)ccc23)CC1. The van der Waals surface area contributed by atoms with Crippen LogP contribution in [0.3, 0.4) is 0 Å². The van der Waals surface area contributed by atoms with Crippen molar-refractivity contribution >= 4 is 22.5 Å². The van der Waals surface area contributed by atoms with E-state index in [4.69, 9.17) is 11.6 Å².